The number of Topliss-reactive ketones (excluding diaryl/α,β-unsaturated/α-hetero) is 1. The summed E-state index contributed by atoms with van der Waals surface area (Å²) in [4.78, 5) is 27.0. The van der Waals surface area contributed by atoms with Crippen LogP contribution in [0.5, 0.6) is 5.75 Å². The van der Waals surface area contributed by atoms with Crippen molar-refractivity contribution >= 4 is 11.8 Å². The second kappa shape index (κ2) is 11.4. The van der Waals surface area contributed by atoms with Gasteiger partial charge in [-0.05, 0) is 44.7 Å². The molecule has 0 radical (unpaired) electrons. The molecule has 1 aliphatic carbocycles. The third kappa shape index (κ3) is 5.33. The van der Waals surface area contributed by atoms with Gasteiger partial charge in [0.1, 0.15) is 12.4 Å². The van der Waals surface area contributed by atoms with Gasteiger partial charge in [-0.15, -0.1) is 0 Å². The number of carbonyl (C=O) groups excluding carboxylic acids is 2. The minimum atomic E-state index is -0.558. The van der Waals surface area contributed by atoms with Gasteiger partial charge in [0.25, 0.3) is 0 Å². The van der Waals surface area contributed by atoms with Crippen LogP contribution in [0.1, 0.15) is 56.6 Å². The zero-order chi connectivity index (χ0) is 24.8. The Morgan fingerprint density at radius 1 is 0.971 bits per heavy atom. The Morgan fingerprint density at radius 2 is 1.71 bits per heavy atom. The fraction of sp³-hybridized carbons (Fsp3) is 0.379. The largest absolute Gasteiger partial charge is 0.494 e. The minimum Gasteiger partial charge on any atom is -0.494 e. The van der Waals surface area contributed by atoms with Crippen molar-refractivity contribution in [3.63, 3.8) is 0 Å². The molecule has 0 bridgehead atoms. The highest BCUT2D eigenvalue weighted by Gasteiger charge is 2.42. The number of ether oxygens (including phenoxy) is 3. The van der Waals surface area contributed by atoms with Gasteiger partial charge in [-0.25, -0.2) is 4.79 Å². The zero-order valence-corrected chi connectivity index (χ0v) is 20.6. The lowest BCUT2D eigenvalue weighted by Gasteiger charge is -2.37. The van der Waals surface area contributed by atoms with Crippen LogP contribution in [0.4, 0.5) is 0 Å². The zero-order valence-electron chi connectivity index (χ0n) is 20.6. The lowest BCUT2D eigenvalue weighted by molar-refractivity contribution is -0.140. The third-order valence-electron chi connectivity index (χ3n) is 6.51. The quantitative estimate of drug-likeness (QED) is 0.405. The summed E-state index contributed by atoms with van der Waals surface area (Å²) in [6, 6.07) is 17.7. The van der Waals surface area contributed by atoms with Crippen molar-refractivity contribution in [3.05, 3.63) is 88.3 Å². The maximum absolute atomic E-state index is 13.7. The molecule has 6 nitrogen and oxygen atoms in total. The van der Waals surface area contributed by atoms with Crippen molar-refractivity contribution in [1.82, 2.24) is 5.32 Å². The fourth-order valence-electron chi connectivity index (χ4n) is 5.00. The predicted octanol–water partition coefficient (Wildman–Crippen LogP) is 5.03. The van der Waals surface area contributed by atoms with Crippen LogP contribution in [0.3, 0.4) is 0 Å². The summed E-state index contributed by atoms with van der Waals surface area (Å²) in [7, 11) is 0. The van der Waals surface area contributed by atoms with Crippen LogP contribution >= 0.6 is 0 Å². The first-order valence-corrected chi connectivity index (χ1v) is 12.3. The number of benzene rings is 2. The number of para-hydroxylation sites is 1. The molecule has 2 aliphatic rings. The molecule has 1 N–H and O–H groups in total. The van der Waals surface area contributed by atoms with E-state index in [0.29, 0.717) is 55.3 Å². The molecule has 2 aromatic rings. The highest BCUT2D eigenvalue weighted by Crippen LogP contribution is 2.47. The average Bonchev–Trinajstić information content (AvgIpc) is 2.86. The molecule has 35 heavy (non-hydrogen) atoms. The van der Waals surface area contributed by atoms with Crippen molar-refractivity contribution in [2.45, 2.75) is 45.4 Å². The van der Waals surface area contributed by atoms with Gasteiger partial charge in [0.2, 0.25) is 0 Å². The minimum absolute atomic E-state index is 0.0380. The lowest BCUT2D eigenvalue weighted by atomic mass is 9.71. The van der Waals surface area contributed by atoms with Crippen LogP contribution in [0.15, 0.2) is 77.1 Å². The Labute approximate surface area is 207 Å². The van der Waals surface area contributed by atoms with Gasteiger partial charge in [0.05, 0.1) is 24.7 Å². The van der Waals surface area contributed by atoms with Crippen LogP contribution in [0.25, 0.3) is 0 Å². The molecule has 0 aromatic heterocycles. The molecule has 6 heteroatoms. The number of nitrogens with one attached hydrogen (secondary N) is 1. The number of hydrogen-bond acceptors (Lipinski definition) is 6. The monoisotopic (exact) mass is 475 g/mol. The van der Waals surface area contributed by atoms with Gasteiger partial charge in [0.15, 0.2) is 5.78 Å². The predicted molar refractivity (Wildman–Crippen MR) is 134 cm³/mol. The molecule has 0 saturated heterocycles. The SMILES string of the molecule is CCOCCOC(=O)C1=C(C)NC2=C(C(=O)C[C@H](c3ccccc3)C2)[C@@H]1c1ccccc1OCC. The third-order valence-corrected chi connectivity index (χ3v) is 6.51. The van der Waals surface area contributed by atoms with Gasteiger partial charge in [-0.2, -0.15) is 0 Å². The van der Waals surface area contributed by atoms with Crippen LogP contribution < -0.4 is 10.1 Å². The second-order valence-electron chi connectivity index (χ2n) is 8.73. The maximum Gasteiger partial charge on any atom is 0.336 e. The summed E-state index contributed by atoms with van der Waals surface area (Å²) in [5.41, 5.74) is 4.58. The molecular weight excluding hydrogens is 442 g/mol. The highest BCUT2D eigenvalue weighted by atomic mass is 16.6. The molecule has 2 atom stereocenters. The number of hydrogen-bond donors (Lipinski definition) is 1. The Hall–Kier alpha value is -3.38. The molecule has 4 rings (SSSR count). The van der Waals surface area contributed by atoms with E-state index in [1.54, 1.807) is 0 Å². The summed E-state index contributed by atoms with van der Waals surface area (Å²) in [6.07, 6.45) is 1.09. The van der Waals surface area contributed by atoms with Crippen LogP contribution in [0.2, 0.25) is 0 Å². The van der Waals surface area contributed by atoms with E-state index in [9.17, 15) is 9.59 Å². The van der Waals surface area contributed by atoms with Crippen LogP contribution in [-0.2, 0) is 19.1 Å². The van der Waals surface area contributed by atoms with Crippen molar-refractivity contribution in [3.8, 4) is 5.75 Å². The summed E-state index contributed by atoms with van der Waals surface area (Å²) >= 11 is 0. The number of carbonyl (C=O) groups is 2. The van der Waals surface area contributed by atoms with Crippen molar-refractivity contribution < 1.29 is 23.8 Å². The van der Waals surface area contributed by atoms with Gasteiger partial charge < -0.3 is 19.5 Å². The topological polar surface area (TPSA) is 73.9 Å². The molecule has 184 valence electrons. The number of ketones is 1. The van der Waals surface area contributed by atoms with Gasteiger partial charge in [0, 0.05) is 35.6 Å². The van der Waals surface area contributed by atoms with E-state index in [0.717, 1.165) is 16.8 Å². The number of allylic oxidation sites excluding steroid dienone is 3. The van der Waals surface area contributed by atoms with E-state index in [1.165, 1.54) is 0 Å². The lowest BCUT2D eigenvalue weighted by Crippen LogP contribution is -2.36. The fourth-order valence-corrected chi connectivity index (χ4v) is 5.00. The summed E-state index contributed by atoms with van der Waals surface area (Å²) in [5, 5.41) is 3.40. The Bertz CT molecular complexity index is 1130. The average molecular weight is 476 g/mol. The molecular formula is C29H33NO5. The molecule has 2 aromatic carbocycles. The highest BCUT2D eigenvalue weighted by molar-refractivity contribution is 6.04. The number of esters is 1. The molecule has 0 spiro atoms. The number of rotatable bonds is 9. The molecule has 0 amide bonds. The van der Waals surface area contributed by atoms with E-state index in [-0.39, 0.29) is 18.3 Å². The van der Waals surface area contributed by atoms with Gasteiger partial charge in [-0.3, -0.25) is 4.79 Å². The molecule has 0 fully saturated rings. The number of dihydropyridines is 1. The van der Waals surface area contributed by atoms with E-state index in [2.05, 4.69) is 17.4 Å². The molecule has 1 aliphatic heterocycles. The van der Waals surface area contributed by atoms with E-state index in [4.69, 9.17) is 14.2 Å². The Kier molecular flexibility index (Phi) is 8.03. The summed E-state index contributed by atoms with van der Waals surface area (Å²) in [6.45, 7) is 7.20. The smallest absolute Gasteiger partial charge is 0.336 e. The van der Waals surface area contributed by atoms with E-state index in [1.807, 2.05) is 63.2 Å². The standard InChI is InChI=1S/C29H33NO5/c1-4-33-15-16-35-29(32)26-19(3)30-23-17-21(20-11-7-6-8-12-20)18-24(31)28(23)27(26)22-13-9-10-14-25(22)34-5-2/h6-14,21,27,30H,4-5,15-18H2,1-3H3/t21-,27-/m1/s1. The van der Waals surface area contributed by atoms with Crippen molar-refractivity contribution in [2.24, 2.45) is 0 Å². The van der Waals surface area contributed by atoms with Crippen LogP contribution in [0, 0.1) is 0 Å². The normalized spacial score (nSPS) is 19.8. The van der Waals surface area contributed by atoms with Crippen LogP contribution in [-0.4, -0.2) is 38.2 Å². The Balaban J connectivity index is 1.76. The first-order valence-electron chi connectivity index (χ1n) is 12.3. The van der Waals surface area contributed by atoms with Crippen molar-refractivity contribution in [1.29, 1.82) is 0 Å². The van der Waals surface area contributed by atoms with Crippen molar-refractivity contribution in [2.75, 3.05) is 26.4 Å². The second-order valence-corrected chi connectivity index (χ2v) is 8.73. The summed E-state index contributed by atoms with van der Waals surface area (Å²) in [5.74, 6) is -0.214. The van der Waals surface area contributed by atoms with E-state index < -0.39 is 11.9 Å². The first-order chi connectivity index (χ1) is 17.0. The maximum atomic E-state index is 13.7. The van der Waals surface area contributed by atoms with Gasteiger partial charge in [-0.1, -0.05) is 48.5 Å². The summed E-state index contributed by atoms with van der Waals surface area (Å²) < 4.78 is 16.8. The Morgan fingerprint density at radius 3 is 2.46 bits per heavy atom. The van der Waals surface area contributed by atoms with E-state index >= 15 is 0 Å². The van der Waals surface area contributed by atoms with Gasteiger partial charge >= 0.3 is 5.97 Å². The molecule has 1 heterocycles. The first kappa shape index (κ1) is 24.7. The molecule has 0 saturated carbocycles. The molecule has 0 unspecified atom stereocenters.